The Bertz CT molecular complexity index is 343. The van der Waals surface area contributed by atoms with Gasteiger partial charge in [0.1, 0.15) is 11.9 Å². The molecule has 1 aromatic rings. The zero-order valence-corrected chi connectivity index (χ0v) is 10.0. The van der Waals surface area contributed by atoms with Crippen LogP contribution in [-0.2, 0) is 4.74 Å². The second-order valence-electron chi connectivity index (χ2n) is 3.46. The van der Waals surface area contributed by atoms with Crippen LogP contribution < -0.4 is 4.74 Å². The summed E-state index contributed by atoms with van der Waals surface area (Å²) >= 11 is 0. The van der Waals surface area contributed by atoms with Crippen molar-refractivity contribution in [2.45, 2.75) is 26.4 Å². The van der Waals surface area contributed by atoms with Crippen LogP contribution in [-0.4, -0.2) is 25.6 Å². The van der Waals surface area contributed by atoms with E-state index < -0.39 is 0 Å². The number of rotatable bonds is 6. The Kier molecular flexibility index (Phi) is 4.99. The zero-order valence-electron chi connectivity index (χ0n) is 10.0. The van der Waals surface area contributed by atoms with E-state index in [9.17, 15) is 4.79 Å². The van der Waals surface area contributed by atoms with Gasteiger partial charge in [-0.25, -0.2) is 0 Å². The third-order valence-corrected chi connectivity index (χ3v) is 2.38. The lowest BCUT2D eigenvalue weighted by atomic mass is 10.0. The number of benzene rings is 1. The van der Waals surface area contributed by atoms with Crippen molar-refractivity contribution in [3.05, 3.63) is 29.8 Å². The van der Waals surface area contributed by atoms with Gasteiger partial charge < -0.3 is 9.47 Å². The van der Waals surface area contributed by atoms with Crippen LogP contribution in [0.2, 0.25) is 0 Å². The molecule has 0 N–H and O–H groups in total. The Hall–Kier alpha value is -1.35. The van der Waals surface area contributed by atoms with E-state index >= 15 is 0 Å². The van der Waals surface area contributed by atoms with Gasteiger partial charge in [-0.2, -0.15) is 0 Å². The van der Waals surface area contributed by atoms with E-state index in [1.165, 1.54) is 0 Å². The fraction of sp³-hybridized carbons (Fsp3) is 0.462. The summed E-state index contributed by atoms with van der Waals surface area (Å²) in [5.74, 6) is 0.728. The summed E-state index contributed by atoms with van der Waals surface area (Å²) in [6.45, 7) is 4.44. The summed E-state index contributed by atoms with van der Waals surface area (Å²) in [6, 6.07) is 7.20. The third kappa shape index (κ3) is 3.07. The van der Waals surface area contributed by atoms with Crippen LogP contribution in [0, 0.1) is 0 Å². The minimum absolute atomic E-state index is 0.00607. The van der Waals surface area contributed by atoms with E-state index in [-0.39, 0.29) is 11.9 Å². The molecular weight excluding hydrogens is 204 g/mol. The number of hydrogen-bond donors (Lipinski definition) is 0. The maximum Gasteiger partial charge on any atom is 0.191 e. The second-order valence-corrected chi connectivity index (χ2v) is 3.46. The van der Waals surface area contributed by atoms with Gasteiger partial charge in [0.2, 0.25) is 0 Å². The fourth-order valence-corrected chi connectivity index (χ4v) is 1.55. The molecule has 3 heteroatoms. The van der Waals surface area contributed by atoms with Crippen molar-refractivity contribution in [1.82, 2.24) is 0 Å². The lowest BCUT2D eigenvalue weighted by molar-refractivity contribution is 0.0595. The minimum atomic E-state index is -0.364. The predicted molar refractivity (Wildman–Crippen MR) is 63.0 cm³/mol. The number of methoxy groups -OCH3 is 1. The van der Waals surface area contributed by atoms with Crippen molar-refractivity contribution in [3.8, 4) is 5.75 Å². The molecule has 3 nitrogen and oxygen atoms in total. The van der Waals surface area contributed by atoms with Crippen molar-refractivity contribution in [2.75, 3.05) is 13.7 Å². The van der Waals surface area contributed by atoms with Gasteiger partial charge in [0, 0.05) is 12.7 Å². The first kappa shape index (κ1) is 12.7. The van der Waals surface area contributed by atoms with Gasteiger partial charge in [0.05, 0.1) is 6.61 Å². The molecule has 0 amide bonds. The van der Waals surface area contributed by atoms with Gasteiger partial charge in [0.25, 0.3) is 0 Å². The Balaban J connectivity index is 2.86. The first-order valence-corrected chi connectivity index (χ1v) is 5.52. The molecule has 1 rings (SSSR count). The molecule has 0 saturated carbocycles. The van der Waals surface area contributed by atoms with Crippen molar-refractivity contribution >= 4 is 5.78 Å². The first-order valence-electron chi connectivity index (χ1n) is 5.52. The van der Waals surface area contributed by atoms with Gasteiger partial charge in [-0.15, -0.1) is 0 Å². The number of carbonyl (C=O) groups excluding carboxylic acids is 1. The van der Waals surface area contributed by atoms with E-state index in [1.54, 1.807) is 19.2 Å². The van der Waals surface area contributed by atoms with Gasteiger partial charge in [-0.05, 0) is 25.5 Å². The fourth-order valence-electron chi connectivity index (χ4n) is 1.55. The monoisotopic (exact) mass is 222 g/mol. The molecule has 0 heterocycles. The molecule has 0 aliphatic carbocycles. The van der Waals surface area contributed by atoms with Gasteiger partial charge in [-0.1, -0.05) is 19.1 Å². The summed E-state index contributed by atoms with van der Waals surface area (Å²) in [4.78, 5) is 12.0. The number of Topliss-reactive ketones (excluding diaryl/α,β-unsaturated/α-hetero) is 1. The minimum Gasteiger partial charge on any atom is -0.494 e. The largest absolute Gasteiger partial charge is 0.494 e. The smallest absolute Gasteiger partial charge is 0.191 e. The van der Waals surface area contributed by atoms with Crippen LogP contribution in [0.4, 0.5) is 0 Å². The molecule has 16 heavy (non-hydrogen) atoms. The van der Waals surface area contributed by atoms with Crippen molar-refractivity contribution in [3.63, 3.8) is 0 Å². The molecule has 0 spiro atoms. The molecule has 0 fully saturated rings. The quantitative estimate of drug-likeness (QED) is 0.694. The van der Waals surface area contributed by atoms with Crippen LogP contribution in [0.1, 0.15) is 30.6 Å². The third-order valence-electron chi connectivity index (χ3n) is 2.38. The van der Waals surface area contributed by atoms with Crippen LogP contribution in [0.25, 0.3) is 0 Å². The Labute approximate surface area is 96.4 Å². The number of carbonyl (C=O) groups is 1. The van der Waals surface area contributed by atoms with Gasteiger partial charge in [0.15, 0.2) is 5.78 Å². The molecule has 0 aliphatic rings. The number of ether oxygens (including phenoxy) is 2. The average Bonchev–Trinajstić information content (AvgIpc) is 2.31. The molecule has 0 aliphatic heterocycles. The molecule has 0 radical (unpaired) electrons. The molecule has 0 saturated heterocycles. The lowest BCUT2D eigenvalue weighted by Crippen LogP contribution is -2.22. The highest BCUT2D eigenvalue weighted by molar-refractivity contribution is 5.99. The van der Waals surface area contributed by atoms with E-state index in [2.05, 4.69) is 0 Å². The SMILES string of the molecule is CCOc1cccc(C(=O)C(CC)OC)c1. The summed E-state index contributed by atoms with van der Waals surface area (Å²) in [7, 11) is 1.55. The molecule has 88 valence electrons. The molecule has 0 aromatic heterocycles. The van der Waals surface area contributed by atoms with Crippen LogP contribution in [0.15, 0.2) is 24.3 Å². The average molecular weight is 222 g/mol. The molecule has 1 aromatic carbocycles. The molecule has 1 unspecified atom stereocenters. The second kappa shape index (κ2) is 6.28. The van der Waals surface area contributed by atoms with E-state index in [0.717, 1.165) is 5.75 Å². The van der Waals surface area contributed by atoms with Crippen molar-refractivity contribution in [2.24, 2.45) is 0 Å². The summed E-state index contributed by atoms with van der Waals surface area (Å²) < 4.78 is 10.5. The summed E-state index contributed by atoms with van der Waals surface area (Å²) in [6.07, 6.45) is 0.311. The van der Waals surface area contributed by atoms with E-state index in [1.807, 2.05) is 26.0 Å². The predicted octanol–water partition coefficient (Wildman–Crippen LogP) is 2.69. The van der Waals surface area contributed by atoms with Gasteiger partial charge >= 0.3 is 0 Å². The number of hydrogen-bond acceptors (Lipinski definition) is 3. The standard InChI is InChI=1S/C13H18O3/c1-4-12(15-3)13(14)10-7-6-8-11(9-10)16-5-2/h6-9,12H,4-5H2,1-3H3. The lowest BCUT2D eigenvalue weighted by Gasteiger charge is -2.12. The summed E-state index contributed by atoms with van der Waals surface area (Å²) in [5.41, 5.74) is 0.639. The highest BCUT2D eigenvalue weighted by atomic mass is 16.5. The summed E-state index contributed by atoms with van der Waals surface area (Å²) in [5, 5.41) is 0. The normalized spacial score (nSPS) is 12.2. The molecular formula is C13H18O3. The number of ketones is 1. The van der Waals surface area contributed by atoms with Gasteiger partial charge in [-0.3, -0.25) is 4.79 Å². The van der Waals surface area contributed by atoms with Crippen molar-refractivity contribution < 1.29 is 14.3 Å². The van der Waals surface area contributed by atoms with E-state index in [4.69, 9.17) is 9.47 Å². The topological polar surface area (TPSA) is 35.5 Å². The maximum atomic E-state index is 12.0. The van der Waals surface area contributed by atoms with Crippen molar-refractivity contribution in [1.29, 1.82) is 0 Å². The van der Waals surface area contributed by atoms with Crippen LogP contribution >= 0.6 is 0 Å². The molecule has 0 bridgehead atoms. The molecule has 1 atom stereocenters. The Morgan fingerprint density at radius 2 is 2.12 bits per heavy atom. The highest BCUT2D eigenvalue weighted by Gasteiger charge is 2.17. The van der Waals surface area contributed by atoms with Crippen LogP contribution in [0.5, 0.6) is 5.75 Å². The highest BCUT2D eigenvalue weighted by Crippen LogP contribution is 2.16. The Morgan fingerprint density at radius 3 is 2.69 bits per heavy atom. The zero-order chi connectivity index (χ0) is 12.0. The first-order chi connectivity index (χ1) is 7.72. The van der Waals surface area contributed by atoms with Crippen LogP contribution in [0.3, 0.4) is 0 Å². The maximum absolute atomic E-state index is 12.0. The van der Waals surface area contributed by atoms with E-state index in [0.29, 0.717) is 18.6 Å². The Morgan fingerprint density at radius 1 is 1.38 bits per heavy atom.